The predicted molar refractivity (Wildman–Crippen MR) is 120 cm³/mol. The average molecular weight is 375 g/mol. The molecule has 0 N–H and O–H groups in total. The highest BCUT2D eigenvalue weighted by Crippen LogP contribution is 2.26. The molecule has 4 aromatic rings. The van der Waals surface area contributed by atoms with E-state index in [9.17, 15) is 0 Å². The van der Waals surface area contributed by atoms with Crippen molar-refractivity contribution in [2.75, 3.05) is 0 Å². The number of aromatic nitrogens is 3. The van der Waals surface area contributed by atoms with Crippen LogP contribution in [0.25, 0.3) is 39.7 Å². The number of rotatable bonds is 5. The summed E-state index contributed by atoms with van der Waals surface area (Å²) in [6, 6.07) is 28.2. The van der Waals surface area contributed by atoms with Gasteiger partial charge in [0.15, 0.2) is 17.5 Å². The third-order valence-corrected chi connectivity index (χ3v) is 4.64. The summed E-state index contributed by atoms with van der Waals surface area (Å²) in [4.78, 5) is 14.3. The maximum absolute atomic E-state index is 4.78. The van der Waals surface area contributed by atoms with Crippen LogP contribution < -0.4 is 0 Å². The van der Waals surface area contributed by atoms with E-state index < -0.39 is 0 Å². The van der Waals surface area contributed by atoms with Crippen LogP contribution in [0.2, 0.25) is 0 Å². The summed E-state index contributed by atoms with van der Waals surface area (Å²) in [6.45, 7) is 5.86. The lowest BCUT2D eigenvalue weighted by Crippen LogP contribution is -2.00. The molecular formula is C26H21N3. The summed E-state index contributed by atoms with van der Waals surface area (Å²) in [5.41, 5.74) is 5.14. The van der Waals surface area contributed by atoms with Crippen LogP contribution in [-0.2, 0) is 0 Å². The first-order chi connectivity index (χ1) is 14.2. The van der Waals surface area contributed by atoms with Crippen LogP contribution in [0, 0.1) is 0 Å². The van der Waals surface area contributed by atoms with Gasteiger partial charge in [0.2, 0.25) is 0 Å². The quantitative estimate of drug-likeness (QED) is 0.376. The van der Waals surface area contributed by atoms with Crippen LogP contribution in [0.3, 0.4) is 0 Å². The number of hydrogen-bond acceptors (Lipinski definition) is 3. The third kappa shape index (κ3) is 4.19. The molecular weight excluding hydrogens is 354 g/mol. The van der Waals surface area contributed by atoms with E-state index in [0.717, 1.165) is 27.8 Å². The Balaban J connectivity index is 1.88. The highest BCUT2D eigenvalue weighted by Gasteiger charge is 2.12. The molecule has 3 aromatic carbocycles. The smallest absolute Gasteiger partial charge is 0.164 e. The molecule has 0 aliphatic carbocycles. The monoisotopic (exact) mass is 375 g/mol. The summed E-state index contributed by atoms with van der Waals surface area (Å²) in [5.74, 6) is 1.99. The van der Waals surface area contributed by atoms with E-state index in [4.69, 9.17) is 15.0 Å². The summed E-state index contributed by atoms with van der Waals surface area (Å²) in [7, 11) is 0. The minimum absolute atomic E-state index is 0.658. The Bertz CT molecular complexity index is 1110. The van der Waals surface area contributed by atoms with Crippen LogP contribution in [0.1, 0.15) is 12.5 Å². The van der Waals surface area contributed by atoms with Gasteiger partial charge in [0.25, 0.3) is 0 Å². The van der Waals surface area contributed by atoms with Gasteiger partial charge in [-0.05, 0) is 24.1 Å². The van der Waals surface area contributed by atoms with E-state index in [-0.39, 0.29) is 0 Å². The Morgan fingerprint density at radius 2 is 1.14 bits per heavy atom. The first-order valence-electron chi connectivity index (χ1n) is 9.51. The molecule has 0 radical (unpaired) electrons. The van der Waals surface area contributed by atoms with Gasteiger partial charge in [-0.15, -0.1) is 0 Å². The number of allylic oxidation sites excluding steroid dienone is 3. The molecule has 0 aliphatic rings. The molecule has 0 amide bonds. The Hall–Kier alpha value is -3.85. The van der Waals surface area contributed by atoms with Gasteiger partial charge in [0.1, 0.15) is 0 Å². The van der Waals surface area contributed by atoms with Gasteiger partial charge in [0.05, 0.1) is 0 Å². The molecule has 0 saturated carbocycles. The van der Waals surface area contributed by atoms with Crippen molar-refractivity contribution >= 4 is 5.57 Å². The van der Waals surface area contributed by atoms with E-state index >= 15 is 0 Å². The molecule has 140 valence electrons. The SMILES string of the molecule is C=CC=C(C)c1cccc(-c2nc(-c3ccccc3)nc(-c3ccccc3)n2)c1. The van der Waals surface area contributed by atoms with E-state index in [1.165, 1.54) is 0 Å². The lowest BCUT2D eigenvalue weighted by atomic mass is 10.0. The van der Waals surface area contributed by atoms with Crippen molar-refractivity contribution in [1.82, 2.24) is 15.0 Å². The Labute approximate surface area is 171 Å². The van der Waals surface area contributed by atoms with Crippen molar-refractivity contribution in [2.45, 2.75) is 6.92 Å². The topological polar surface area (TPSA) is 38.7 Å². The van der Waals surface area contributed by atoms with E-state index in [1.807, 2.05) is 78.9 Å². The van der Waals surface area contributed by atoms with Crippen LogP contribution in [-0.4, -0.2) is 15.0 Å². The number of hydrogen-bond donors (Lipinski definition) is 0. The van der Waals surface area contributed by atoms with Crippen molar-refractivity contribution in [1.29, 1.82) is 0 Å². The van der Waals surface area contributed by atoms with Gasteiger partial charge in [-0.2, -0.15) is 0 Å². The molecule has 0 spiro atoms. The van der Waals surface area contributed by atoms with E-state index in [0.29, 0.717) is 17.5 Å². The molecule has 3 heteroatoms. The molecule has 1 heterocycles. The lowest BCUT2D eigenvalue weighted by Gasteiger charge is -2.09. The molecule has 3 nitrogen and oxygen atoms in total. The summed E-state index contributed by atoms with van der Waals surface area (Å²) < 4.78 is 0. The van der Waals surface area contributed by atoms with Gasteiger partial charge < -0.3 is 0 Å². The zero-order valence-electron chi connectivity index (χ0n) is 16.3. The van der Waals surface area contributed by atoms with Crippen molar-refractivity contribution in [3.63, 3.8) is 0 Å². The standard InChI is InChI=1S/C26H21N3/c1-3-11-19(2)22-16-10-17-23(18-22)26-28-24(20-12-6-4-7-13-20)27-25(29-26)21-14-8-5-9-15-21/h3-18H,1H2,2H3. The second kappa shape index (κ2) is 8.44. The van der Waals surface area contributed by atoms with Crippen LogP contribution in [0.5, 0.6) is 0 Å². The van der Waals surface area contributed by atoms with Crippen molar-refractivity contribution in [3.8, 4) is 34.2 Å². The largest absolute Gasteiger partial charge is 0.208 e. The zero-order valence-corrected chi connectivity index (χ0v) is 16.3. The lowest BCUT2D eigenvalue weighted by molar-refractivity contribution is 1.07. The third-order valence-electron chi connectivity index (χ3n) is 4.64. The van der Waals surface area contributed by atoms with Crippen molar-refractivity contribution < 1.29 is 0 Å². The maximum atomic E-state index is 4.78. The minimum atomic E-state index is 0.658. The fraction of sp³-hybridized carbons (Fsp3) is 0.0385. The summed E-state index contributed by atoms with van der Waals surface area (Å²) in [6.07, 6.45) is 3.79. The summed E-state index contributed by atoms with van der Waals surface area (Å²) in [5, 5.41) is 0. The molecule has 0 saturated heterocycles. The average Bonchev–Trinajstić information content (AvgIpc) is 2.80. The van der Waals surface area contributed by atoms with Gasteiger partial charge in [-0.25, -0.2) is 15.0 Å². The molecule has 0 fully saturated rings. The first kappa shape index (κ1) is 18.5. The van der Waals surface area contributed by atoms with Crippen molar-refractivity contribution in [2.24, 2.45) is 0 Å². The second-order valence-electron chi connectivity index (χ2n) is 6.70. The Kier molecular flexibility index (Phi) is 5.39. The molecule has 0 bridgehead atoms. The van der Waals surface area contributed by atoms with Gasteiger partial charge >= 0.3 is 0 Å². The van der Waals surface area contributed by atoms with E-state index in [2.05, 4.69) is 25.6 Å². The predicted octanol–water partition coefficient (Wildman–Crippen LogP) is 6.46. The fourth-order valence-corrected chi connectivity index (χ4v) is 3.11. The van der Waals surface area contributed by atoms with Gasteiger partial charge in [-0.1, -0.05) is 97.6 Å². The number of nitrogens with zero attached hydrogens (tertiary/aromatic N) is 3. The minimum Gasteiger partial charge on any atom is -0.208 e. The molecule has 0 unspecified atom stereocenters. The van der Waals surface area contributed by atoms with Crippen LogP contribution in [0.4, 0.5) is 0 Å². The first-order valence-corrected chi connectivity index (χ1v) is 9.51. The maximum Gasteiger partial charge on any atom is 0.164 e. The number of benzene rings is 3. The second-order valence-corrected chi connectivity index (χ2v) is 6.70. The van der Waals surface area contributed by atoms with E-state index in [1.54, 1.807) is 6.08 Å². The molecule has 1 aromatic heterocycles. The molecule has 29 heavy (non-hydrogen) atoms. The zero-order chi connectivity index (χ0) is 20.1. The molecule has 4 rings (SSSR count). The van der Waals surface area contributed by atoms with Gasteiger partial charge in [-0.3, -0.25) is 0 Å². The summed E-state index contributed by atoms with van der Waals surface area (Å²) >= 11 is 0. The van der Waals surface area contributed by atoms with Crippen LogP contribution in [0.15, 0.2) is 104 Å². The van der Waals surface area contributed by atoms with Gasteiger partial charge in [0, 0.05) is 16.7 Å². The normalized spacial score (nSPS) is 11.3. The molecule has 0 aliphatic heterocycles. The highest BCUT2D eigenvalue weighted by molar-refractivity contribution is 5.72. The van der Waals surface area contributed by atoms with Crippen LogP contribution >= 0.6 is 0 Å². The van der Waals surface area contributed by atoms with Crippen molar-refractivity contribution in [3.05, 3.63) is 109 Å². The Morgan fingerprint density at radius 3 is 1.66 bits per heavy atom. The Morgan fingerprint density at radius 1 is 0.655 bits per heavy atom. The molecule has 0 atom stereocenters. The fourth-order valence-electron chi connectivity index (χ4n) is 3.11. The highest BCUT2D eigenvalue weighted by atomic mass is 15.0.